The van der Waals surface area contributed by atoms with Crippen molar-refractivity contribution >= 4 is 0 Å². The molecule has 0 aromatic heterocycles. The Hall–Kier alpha value is -0.770. The third kappa shape index (κ3) is 7.19. The number of aliphatic hydroxyl groups excluding tert-OH is 1. The molecule has 0 saturated carbocycles. The van der Waals surface area contributed by atoms with Gasteiger partial charge < -0.3 is 9.84 Å². The van der Waals surface area contributed by atoms with Gasteiger partial charge in [0.25, 0.3) is 0 Å². The zero-order valence-electron chi connectivity index (χ0n) is 10.0. The van der Waals surface area contributed by atoms with Crippen molar-refractivity contribution in [3.8, 4) is 0 Å². The summed E-state index contributed by atoms with van der Waals surface area (Å²) < 4.78 is 5.61. The number of ether oxygens (including phenoxy) is 1. The Morgan fingerprint density at radius 2 is 1.87 bits per heavy atom. The minimum atomic E-state index is -0.413. The molecule has 15 heavy (non-hydrogen) atoms. The van der Waals surface area contributed by atoms with Gasteiger partial charge in [0.15, 0.2) is 0 Å². The zero-order valence-corrected chi connectivity index (χ0v) is 10.0. The van der Waals surface area contributed by atoms with E-state index in [9.17, 15) is 0 Å². The maximum atomic E-state index is 8.80. The van der Waals surface area contributed by atoms with E-state index < -0.39 is 5.54 Å². The molecule has 0 aliphatic rings. The van der Waals surface area contributed by atoms with Gasteiger partial charge in [-0.15, -0.1) is 0 Å². The zero-order chi connectivity index (χ0) is 11.9. The average Bonchev–Trinajstić information content (AvgIpc) is 2.02. The molecule has 0 heterocycles. The minimum absolute atomic E-state index is 0.118. The number of rotatable bonds is 7. The van der Waals surface area contributed by atoms with Crippen LogP contribution in [-0.4, -0.2) is 29.5 Å². The summed E-state index contributed by atoms with van der Waals surface area (Å²) in [5, 5.41) is 12.5. The van der Waals surface area contributed by atoms with E-state index in [1.165, 1.54) is 0 Å². The van der Waals surface area contributed by atoms with E-state index in [1.54, 1.807) is 0 Å². The SMILES string of the molecule is CC(C)(CCOC(C)(C)CCO)N=[N+]=[N-]. The quantitative estimate of drug-likeness (QED) is 0.402. The summed E-state index contributed by atoms with van der Waals surface area (Å²) in [6.45, 7) is 8.25. The lowest BCUT2D eigenvalue weighted by Gasteiger charge is -2.26. The molecule has 1 N–H and O–H groups in total. The number of nitrogens with zero attached hydrogens (tertiary/aromatic N) is 3. The fourth-order valence-corrected chi connectivity index (χ4v) is 1.09. The number of hydrogen-bond acceptors (Lipinski definition) is 3. The molecule has 0 bridgehead atoms. The number of azide groups is 1. The van der Waals surface area contributed by atoms with Crippen LogP contribution in [0.4, 0.5) is 0 Å². The lowest BCUT2D eigenvalue weighted by molar-refractivity contribution is -0.0376. The van der Waals surface area contributed by atoms with E-state index in [0.29, 0.717) is 19.4 Å². The van der Waals surface area contributed by atoms with Crippen molar-refractivity contribution in [3.05, 3.63) is 10.4 Å². The standard InChI is InChI=1S/C10H21N3O2/c1-9(2,12-13-11)6-8-15-10(3,4)5-7-14/h14H,5-8H2,1-4H3. The highest BCUT2D eigenvalue weighted by Gasteiger charge is 2.20. The third-order valence-electron chi connectivity index (χ3n) is 2.24. The van der Waals surface area contributed by atoms with Gasteiger partial charge in [0.05, 0.1) is 5.60 Å². The van der Waals surface area contributed by atoms with Crippen molar-refractivity contribution in [2.75, 3.05) is 13.2 Å². The van der Waals surface area contributed by atoms with Gasteiger partial charge in [-0.05, 0) is 32.2 Å². The largest absolute Gasteiger partial charge is 0.396 e. The Morgan fingerprint density at radius 3 is 2.33 bits per heavy atom. The van der Waals surface area contributed by atoms with Gasteiger partial charge in [0, 0.05) is 23.7 Å². The second-order valence-corrected chi connectivity index (χ2v) is 4.83. The Bertz CT molecular complexity index is 233. The first kappa shape index (κ1) is 14.2. The summed E-state index contributed by atoms with van der Waals surface area (Å²) in [5.41, 5.74) is 7.60. The molecule has 0 saturated heterocycles. The molecular formula is C10H21N3O2. The van der Waals surface area contributed by atoms with Crippen LogP contribution in [0.1, 0.15) is 40.5 Å². The van der Waals surface area contributed by atoms with E-state index in [1.807, 2.05) is 27.7 Å². The predicted molar refractivity (Wildman–Crippen MR) is 59.6 cm³/mol. The highest BCUT2D eigenvalue weighted by atomic mass is 16.5. The summed E-state index contributed by atoms with van der Waals surface area (Å²) in [7, 11) is 0. The smallest absolute Gasteiger partial charge is 0.0648 e. The van der Waals surface area contributed by atoms with Crippen LogP contribution in [0.3, 0.4) is 0 Å². The molecule has 0 aliphatic carbocycles. The summed E-state index contributed by atoms with van der Waals surface area (Å²) in [5.74, 6) is 0. The van der Waals surface area contributed by atoms with Crippen LogP contribution in [0.15, 0.2) is 5.11 Å². The molecule has 0 spiro atoms. The van der Waals surface area contributed by atoms with Crippen molar-refractivity contribution in [2.45, 2.75) is 51.7 Å². The van der Waals surface area contributed by atoms with Gasteiger partial charge in [-0.3, -0.25) is 0 Å². The van der Waals surface area contributed by atoms with E-state index in [2.05, 4.69) is 10.0 Å². The summed E-state index contributed by atoms with van der Waals surface area (Å²) in [6.07, 6.45) is 1.28. The summed E-state index contributed by atoms with van der Waals surface area (Å²) >= 11 is 0. The first-order chi connectivity index (χ1) is 6.83. The predicted octanol–water partition coefficient (Wildman–Crippen LogP) is 2.64. The molecule has 0 unspecified atom stereocenters. The number of hydrogen-bond donors (Lipinski definition) is 1. The van der Waals surface area contributed by atoms with Crippen LogP contribution in [0.25, 0.3) is 10.4 Å². The van der Waals surface area contributed by atoms with Gasteiger partial charge in [0.2, 0.25) is 0 Å². The Balaban J connectivity index is 3.93. The molecule has 88 valence electrons. The summed E-state index contributed by atoms with van der Waals surface area (Å²) in [6, 6.07) is 0. The van der Waals surface area contributed by atoms with Crippen LogP contribution < -0.4 is 0 Å². The van der Waals surface area contributed by atoms with Crippen molar-refractivity contribution < 1.29 is 9.84 Å². The second-order valence-electron chi connectivity index (χ2n) is 4.83. The van der Waals surface area contributed by atoms with Crippen molar-refractivity contribution in [1.29, 1.82) is 0 Å². The molecule has 0 atom stereocenters. The molecule has 5 heteroatoms. The molecule has 0 aromatic carbocycles. The second kappa shape index (κ2) is 5.95. The van der Waals surface area contributed by atoms with Crippen LogP contribution in [-0.2, 0) is 4.74 Å². The van der Waals surface area contributed by atoms with E-state index in [4.69, 9.17) is 15.4 Å². The van der Waals surface area contributed by atoms with Crippen molar-refractivity contribution in [2.24, 2.45) is 5.11 Å². The highest BCUT2D eigenvalue weighted by molar-refractivity contribution is 4.78. The lowest BCUT2D eigenvalue weighted by atomic mass is 10.0. The monoisotopic (exact) mass is 215 g/mol. The van der Waals surface area contributed by atoms with Crippen LogP contribution >= 0.6 is 0 Å². The normalized spacial score (nSPS) is 12.3. The first-order valence-electron chi connectivity index (χ1n) is 5.14. The molecule has 0 aliphatic heterocycles. The van der Waals surface area contributed by atoms with Gasteiger partial charge in [0.1, 0.15) is 0 Å². The van der Waals surface area contributed by atoms with Crippen molar-refractivity contribution in [1.82, 2.24) is 0 Å². The Kier molecular flexibility index (Phi) is 5.65. The van der Waals surface area contributed by atoms with Crippen molar-refractivity contribution in [3.63, 3.8) is 0 Å². The molecule has 0 radical (unpaired) electrons. The fraction of sp³-hybridized carbons (Fsp3) is 1.00. The van der Waals surface area contributed by atoms with Gasteiger partial charge >= 0.3 is 0 Å². The van der Waals surface area contributed by atoms with E-state index in [-0.39, 0.29) is 12.2 Å². The maximum absolute atomic E-state index is 8.80. The highest BCUT2D eigenvalue weighted by Crippen LogP contribution is 2.19. The summed E-state index contributed by atoms with van der Waals surface area (Å²) in [4.78, 5) is 2.79. The minimum Gasteiger partial charge on any atom is -0.396 e. The van der Waals surface area contributed by atoms with Crippen LogP contribution in [0, 0.1) is 0 Å². The van der Waals surface area contributed by atoms with E-state index in [0.717, 1.165) is 0 Å². The molecule has 0 rings (SSSR count). The van der Waals surface area contributed by atoms with Crippen LogP contribution in [0.5, 0.6) is 0 Å². The molecular weight excluding hydrogens is 194 g/mol. The van der Waals surface area contributed by atoms with E-state index >= 15 is 0 Å². The van der Waals surface area contributed by atoms with Gasteiger partial charge in [-0.25, -0.2) is 0 Å². The molecule has 0 aromatic rings. The van der Waals surface area contributed by atoms with Gasteiger partial charge in [-0.1, -0.05) is 19.0 Å². The fourth-order valence-electron chi connectivity index (χ4n) is 1.09. The average molecular weight is 215 g/mol. The van der Waals surface area contributed by atoms with Crippen LogP contribution in [0.2, 0.25) is 0 Å². The topological polar surface area (TPSA) is 78.2 Å². The molecule has 5 nitrogen and oxygen atoms in total. The Labute approximate surface area is 91.1 Å². The molecule has 0 fully saturated rings. The number of aliphatic hydroxyl groups is 1. The molecule has 0 amide bonds. The Morgan fingerprint density at radius 1 is 1.27 bits per heavy atom. The maximum Gasteiger partial charge on any atom is 0.0648 e. The third-order valence-corrected chi connectivity index (χ3v) is 2.24. The van der Waals surface area contributed by atoms with Gasteiger partial charge in [-0.2, -0.15) is 0 Å². The first-order valence-corrected chi connectivity index (χ1v) is 5.14. The lowest BCUT2D eigenvalue weighted by Crippen LogP contribution is -2.29.